The minimum absolute atomic E-state index is 0.351. The Kier molecular flexibility index (Phi) is 10.5. The van der Waals surface area contributed by atoms with Gasteiger partial charge in [0.05, 0.1) is 24.2 Å². The fraction of sp³-hybridized carbons (Fsp3) is 0.484. The smallest absolute Gasteiger partial charge is 0.229 e. The lowest BCUT2D eigenvalue weighted by atomic mass is 9.99. The Morgan fingerprint density at radius 2 is 1.78 bits per heavy atom. The second-order valence-corrected chi connectivity index (χ2v) is 12.2. The monoisotopic (exact) mass is 595 g/mol. The van der Waals surface area contributed by atoms with Crippen molar-refractivity contribution in [3.05, 3.63) is 53.7 Å². The molecule has 0 aliphatic carbocycles. The van der Waals surface area contributed by atoms with Gasteiger partial charge in [-0.3, -0.25) is 4.72 Å². The third kappa shape index (κ3) is 7.97. The average molecular weight is 596 g/mol. The number of nitrogens with one attached hydrogen (secondary N) is 3. The second-order valence-electron chi connectivity index (χ2n) is 10.9. The molecule has 0 bridgehead atoms. The first-order valence-electron chi connectivity index (χ1n) is 14.8. The van der Waals surface area contributed by atoms with Crippen LogP contribution < -0.4 is 25.0 Å². The average Bonchev–Trinajstić information content (AvgIpc) is 3.00. The van der Waals surface area contributed by atoms with Gasteiger partial charge in [-0.25, -0.2) is 4.98 Å². The number of hydrogen-bond acceptors (Lipinski definition) is 9. The van der Waals surface area contributed by atoms with Crippen molar-refractivity contribution < 1.29 is 4.74 Å². The van der Waals surface area contributed by atoms with Crippen LogP contribution in [0.5, 0.6) is 5.75 Å². The maximum atomic E-state index is 6.51. The van der Waals surface area contributed by atoms with Gasteiger partial charge >= 0.3 is 0 Å². The van der Waals surface area contributed by atoms with Gasteiger partial charge < -0.3 is 25.2 Å². The van der Waals surface area contributed by atoms with Crippen molar-refractivity contribution >= 4 is 52.4 Å². The summed E-state index contributed by atoms with van der Waals surface area (Å²) in [7, 11) is 0. The van der Waals surface area contributed by atoms with Crippen molar-refractivity contribution in [3.63, 3.8) is 0 Å². The molecule has 2 aliphatic rings. The minimum atomic E-state index is 0.351. The standard InChI is InChI=1S/C31H42ClN7OS/c1-4-40-28-20-24(39-18-14-23(15-19-39)38-16-8-5-9-17-38)12-13-26(28)35-31-33-21-25(32)30(36-31)34-27-10-6-7-11-29(27)41-37-22(2)3/h6-7,10-13,20-23,37H,4-5,8-9,14-19H2,1-3H3,(H2,33,34,35,36). The highest BCUT2D eigenvalue weighted by Crippen LogP contribution is 2.35. The summed E-state index contributed by atoms with van der Waals surface area (Å²) in [5.74, 6) is 1.77. The first-order chi connectivity index (χ1) is 20.0. The number of benzene rings is 2. The lowest BCUT2D eigenvalue weighted by molar-refractivity contribution is 0.141. The fourth-order valence-electron chi connectivity index (χ4n) is 5.46. The number of halogens is 1. The van der Waals surface area contributed by atoms with Gasteiger partial charge in [-0.1, -0.05) is 30.2 Å². The molecule has 3 heterocycles. The zero-order valence-corrected chi connectivity index (χ0v) is 25.9. The number of anilines is 5. The summed E-state index contributed by atoms with van der Waals surface area (Å²) in [5, 5.41) is 7.19. The minimum Gasteiger partial charge on any atom is -0.492 e. The molecule has 0 amide bonds. The molecular formula is C31H42ClN7OS. The van der Waals surface area contributed by atoms with E-state index in [0.717, 1.165) is 41.2 Å². The summed E-state index contributed by atoms with van der Waals surface area (Å²) in [5.41, 5.74) is 2.93. The van der Waals surface area contributed by atoms with Gasteiger partial charge in [-0.05, 0) is 95.8 Å². The SMILES string of the molecule is CCOc1cc(N2CCC(N3CCCCC3)CC2)ccc1Nc1ncc(Cl)c(Nc2ccccc2SNC(C)C)n1. The van der Waals surface area contributed by atoms with Crippen molar-refractivity contribution in [3.8, 4) is 5.75 Å². The fourth-order valence-corrected chi connectivity index (χ4v) is 6.34. The third-order valence-corrected chi connectivity index (χ3v) is 8.98. The van der Waals surface area contributed by atoms with E-state index in [1.54, 1.807) is 18.1 Å². The predicted molar refractivity (Wildman–Crippen MR) is 172 cm³/mol. The zero-order valence-electron chi connectivity index (χ0n) is 24.3. The van der Waals surface area contributed by atoms with Gasteiger partial charge in [-0.15, -0.1) is 0 Å². The van der Waals surface area contributed by atoms with E-state index in [0.29, 0.717) is 29.4 Å². The lowest BCUT2D eigenvalue weighted by Crippen LogP contribution is -2.46. The van der Waals surface area contributed by atoms with E-state index in [2.05, 4.69) is 68.3 Å². The number of ether oxygens (including phenoxy) is 1. The predicted octanol–water partition coefficient (Wildman–Crippen LogP) is 7.48. The summed E-state index contributed by atoms with van der Waals surface area (Å²) in [6.45, 7) is 11.5. The summed E-state index contributed by atoms with van der Waals surface area (Å²) >= 11 is 8.08. The first-order valence-corrected chi connectivity index (χ1v) is 16.0. The van der Waals surface area contributed by atoms with Crippen LogP contribution in [-0.2, 0) is 0 Å². The Labute approximate surface area is 253 Å². The van der Waals surface area contributed by atoms with Gasteiger partial charge in [0.1, 0.15) is 10.8 Å². The van der Waals surface area contributed by atoms with Gasteiger partial charge in [-0.2, -0.15) is 4.98 Å². The van der Waals surface area contributed by atoms with Crippen LogP contribution in [0.15, 0.2) is 53.6 Å². The maximum absolute atomic E-state index is 6.51. The molecule has 10 heteroatoms. The van der Waals surface area contributed by atoms with E-state index >= 15 is 0 Å². The summed E-state index contributed by atoms with van der Waals surface area (Å²) in [4.78, 5) is 15.4. The number of likely N-dealkylation sites (tertiary alicyclic amines) is 1. The molecule has 3 N–H and O–H groups in total. The zero-order chi connectivity index (χ0) is 28.6. The number of aromatic nitrogens is 2. The van der Waals surface area contributed by atoms with Crippen molar-refractivity contribution in [2.24, 2.45) is 0 Å². The number of rotatable bonds is 11. The van der Waals surface area contributed by atoms with Gasteiger partial charge in [0, 0.05) is 41.8 Å². The van der Waals surface area contributed by atoms with E-state index in [1.807, 2.05) is 25.1 Å². The summed E-state index contributed by atoms with van der Waals surface area (Å²) in [6.07, 6.45) is 8.13. The molecule has 220 valence electrons. The molecule has 0 unspecified atom stereocenters. The van der Waals surface area contributed by atoms with E-state index < -0.39 is 0 Å². The Balaban J connectivity index is 1.28. The molecule has 2 fully saturated rings. The Bertz CT molecular complexity index is 1280. The Hall–Kier alpha value is -2.72. The molecule has 2 aromatic carbocycles. The highest BCUT2D eigenvalue weighted by Gasteiger charge is 2.26. The summed E-state index contributed by atoms with van der Waals surface area (Å²) in [6, 6.07) is 15.5. The van der Waals surface area contributed by atoms with E-state index in [1.165, 1.54) is 50.9 Å². The molecule has 2 aliphatic heterocycles. The largest absolute Gasteiger partial charge is 0.492 e. The molecule has 0 radical (unpaired) electrons. The van der Waals surface area contributed by atoms with Crippen LogP contribution in [-0.4, -0.2) is 59.7 Å². The molecule has 0 spiro atoms. The van der Waals surface area contributed by atoms with E-state index in [-0.39, 0.29) is 0 Å². The molecular weight excluding hydrogens is 554 g/mol. The number of nitrogens with zero attached hydrogens (tertiary/aromatic N) is 4. The third-order valence-electron chi connectivity index (χ3n) is 7.54. The van der Waals surface area contributed by atoms with Crippen LogP contribution in [0.1, 0.15) is 52.9 Å². The van der Waals surface area contributed by atoms with E-state index in [9.17, 15) is 0 Å². The highest BCUT2D eigenvalue weighted by molar-refractivity contribution is 7.97. The highest BCUT2D eigenvalue weighted by atomic mass is 35.5. The van der Waals surface area contributed by atoms with E-state index in [4.69, 9.17) is 21.3 Å². The molecule has 2 saturated heterocycles. The maximum Gasteiger partial charge on any atom is 0.229 e. The lowest BCUT2D eigenvalue weighted by Gasteiger charge is -2.41. The molecule has 1 aromatic heterocycles. The van der Waals surface area contributed by atoms with Gasteiger partial charge in [0.25, 0.3) is 0 Å². The first kappa shape index (κ1) is 29.8. The second kappa shape index (κ2) is 14.4. The van der Waals surface area contributed by atoms with Crippen molar-refractivity contribution in [2.45, 2.75) is 69.9 Å². The Morgan fingerprint density at radius 1 is 1.00 bits per heavy atom. The topological polar surface area (TPSA) is 77.6 Å². The van der Waals surface area contributed by atoms with Gasteiger partial charge in [0.2, 0.25) is 5.95 Å². The van der Waals surface area contributed by atoms with Crippen LogP contribution in [0, 0.1) is 0 Å². The summed E-state index contributed by atoms with van der Waals surface area (Å²) < 4.78 is 9.45. The number of hydrogen-bond donors (Lipinski definition) is 3. The van der Waals surface area contributed by atoms with Crippen molar-refractivity contribution in [1.82, 2.24) is 19.6 Å². The van der Waals surface area contributed by atoms with Gasteiger partial charge in [0.15, 0.2) is 5.82 Å². The van der Waals surface area contributed by atoms with Crippen LogP contribution in [0.4, 0.5) is 28.8 Å². The molecule has 0 atom stereocenters. The van der Waals surface area contributed by atoms with Crippen LogP contribution in [0.25, 0.3) is 0 Å². The molecule has 3 aromatic rings. The van der Waals surface area contributed by atoms with Crippen LogP contribution in [0.2, 0.25) is 5.02 Å². The van der Waals surface area contributed by atoms with Crippen LogP contribution >= 0.6 is 23.5 Å². The Morgan fingerprint density at radius 3 is 2.54 bits per heavy atom. The molecule has 8 nitrogen and oxygen atoms in total. The van der Waals surface area contributed by atoms with Crippen LogP contribution in [0.3, 0.4) is 0 Å². The number of piperidine rings is 2. The molecule has 5 rings (SSSR count). The quantitative estimate of drug-likeness (QED) is 0.196. The normalized spacial score (nSPS) is 16.7. The number of para-hydroxylation sites is 1. The molecule has 41 heavy (non-hydrogen) atoms. The molecule has 0 saturated carbocycles. The van der Waals surface area contributed by atoms with Crippen molar-refractivity contribution in [1.29, 1.82) is 0 Å². The van der Waals surface area contributed by atoms with Crippen molar-refractivity contribution in [2.75, 3.05) is 48.3 Å².